The Morgan fingerprint density at radius 1 is 1.52 bits per heavy atom. The summed E-state index contributed by atoms with van der Waals surface area (Å²) in [4.78, 5) is 12.6. The molecule has 1 unspecified atom stereocenters. The molecular weight excluding hydrogens is 357 g/mol. The molecule has 0 bridgehead atoms. The molecule has 2 heterocycles. The highest BCUT2D eigenvalue weighted by molar-refractivity contribution is 9.10. The Hall–Kier alpha value is -1.34. The summed E-state index contributed by atoms with van der Waals surface area (Å²) < 4.78 is 15.6. The predicted octanol–water partition coefficient (Wildman–Crippen LogP) is 3.33. The summed E-state index contributed by atoms with van der Waals surface area (Å²) in [7, 11) is 1.60. The normalized spacial score (nSPS) is 17.4. The third kappa shape index (κ3) is 2.72. The number of nitrogens with one attached hydrogen (secondary N) is 1. The van der Waals surface area contributed by atoms with E-state index in [-0.39, 0.29) is 17.4 Å². The van der Waals surface area contributed by atoms with Crippen molar-refractivity contribution in [3.05, 3.63) is 50.6 Å². The molecule has 2 aromatic rings. The number of hydrogen-bond donors (Lipinski definition) is 1. The van der Waals surface area contributed by atoms with Crippen LogP contribution in [0.3, 0.4) is 0 Å². The minimum absolute atomic E-state index is 0.0258. The molecule has 1 aliphatic rings. The third-order valence-electron chi connectivity index (χ3n) is 3.43. The van der Waals surface area contributed by atoms with Gasteiger partial charge in [0.15, 0.2) is 0 Å². The monoisotopic (exact) mass is 369 g/mol. The maximum atomic E-state index is 13.9. The van der Waals surface area contributed by atoms with E-state index in [0.29, 0.717) is 15.1 Å². The van der Waals surface area contributed by atoms with Gasteiger partial charge in [0.2, 0.25) is 0 Å². The lowest BCUT2D eigenvalue weighted by Crippen LogP contribution is -2.23. The number of anilines is 1. The van der Waals surface area contributed by atoms with Gasteiger partial charge in [-0.05, 0) is 34.0 Å². The third-order valence-corrected chi connectivity index (χ3v) is 5.36. The topological polar surface area (TPSA) is 46.9 Å². The van der Waals surface area contributed by atoms with E-state index in [1.807, 2.05) is 6.07 Å². The van der Waals surface area contributed by atoms with Crippen molar-refractivity contribution >= 4 is 33.4 Å². The summed E-state index contributed by atoms with van der Waals surface area (Å²) in [5.74, 6) is 0.645. The van der Waals surface area contributed by atoms with E-state index in [0.717, 1.165) is 17.7 Å². The quantitative estimate of drug-likeness (QED) is 0.881. The lowest BCUT2D eigenvalue weighted by atomic mass is 10.0. The number of aromatic nitrogens is 2. The van der Waals surface area contributed by atoms with Gasteiger partial charge in [0.05, 0.1) is 17.9 Å². The van der Waals surface area contributed by atoms with E-state index < -0.39 is 0 Å². The molecule has 1 aliphatic heterocycles. The molecule has 4 nitrogen and oxygen atoms in total. The first-order chi connectivity index (χ1) is 10.1. The fourth-order valence-corrected chi connectivity index (χ4v) is 3.95. The second kappa shape index (κ2) is 5.81. The van der Waals surface area contributed by atoms with Crippen LogP contribution in [0.4, 0.5) is 10.1 Å². The van der Waals surface area contributed by atoms with Gasteiger partial charge in [-0.2, -0.15) is 5.10 Å². The first kappa shape index (κ1) is 14.6. The maximum Gasteiger partial charge on any atom is 0.282 e. The minimum Gasteiger partial charge on any atom is -0.376 e. The van der Waals surface area contributed by atoms with Crippen molar-refractivity contribution < 1.29 is 4.39 Å². The van der Waals surface area contributed by atoms with Gasteiger partial charge in [-0.3, -0.25) is 4.79 Å². The molecule has 0 saturated carbocycles. The number of benzene rings is 1. The zero-order valence-corrected chi connectivity index (χ0v) is 13.7. The van der Waals surface area contributed by atoms with Gasteiger partial charge < -0.3 is 5.32 Å². The van der Waals surface area contributed by atoms with Crippen LogP contribution in [-0.2, 0) is 7.05 Å². The van der Waals surface area contributed by atoms with E-state index in [2.05, 4.69) is 26.3 Å². The van der Waals surface area contributed by atoms with Gasteiger partial charge in [0.1, 0.15) is 10.3 Å². The molecule has 1 aromatic heterocycles. The number of fused-ring (bicyclic) bond motifs is 1. The Balaban J connectivity index is 1.96. The molecule has 0 radical (unpaired) electrons. The molecule has 110 valence electrons. The first-order valence-corrected chi connectivity index (χ1v) is 8.25. The Labute approximate surface area is 133 Å². The number of nitrogens with zero attached hydrogens (tertiary/aromatic N) is 2. The highest BCUT2D eigenvalue weighted by Gasteiger charge is 2.24. The van der Waals surface area contributed by atoms with Crippen LogP contribution in [0.15, 0.2) is 38.6 Å². The van der Waals surface area contributed by atoms with E-state index in [1.54, 1.807) is 19.3 Å². The smallest absolute Gasteiger partial charge is 0.282 e. The van der Waals surface area contributed by atoms with Crippen molar-refractivity contribution in [2.45, 2.75) is 17.4 Å². The lowest BCUT2D eigenvalue weighted by molar-refractivity contribution is 0.584. The largest absolute Gasteiger partial charge is 0.376 e. The molecule has 0 aliphatic carbocycles. The van der Waals surface area contributed by atoms with Gasteiger partial charge >= 0.3 is 0 Å². The second-order valence-corrected chi connectivity index (χ2v) is 6.69. The number of rotatable bonds is 2. The van der Waals surface area contributed by atoms with Crippen LogP contribution >= 0.6 is 27.7 Å². The maximum absolute atomic E-state index is 13.9. The Bertz CT molecular complexity index is 749. The molecule has 0 amide bonds. The van der Waals surface area contributed by atoms with Crippen molar-refractivity contribution in [2.75, 3.05) is 11.1 Å². The van der Waals surface area contributed by atoms with Crippen LogP contribution in [0.5, 0.6) is 0 Å². The van der Waals surface area contributed by atoms with Crippen LogP contribution in [-0.4, -0.2) is 15.5 Å². The summed E-state index contributed by atoms with van der Waals surface area (Å²) in [6.07, 6.45) is 2.47. The van der Waals surface area contributed by atoms with E-state index in [9.17, 15) is 9.18 Å². The van der Waals surface area contributed by atoms with Crippen LogP contribution < -0.4 is 10.9 Å². The highest BCUT2D eigenvalue weighted by Crippen LogP contribution is 2.39. The van der Waals surface area contributed by atoms with Gasteiger partial charge in [-0.15, -0.1) is 11.8 Å². The molecule has 7 heteroatoms. The van der Waals surface area contributed by atoms with Crippen LogP contribution in [0.25, 0.3) is 0 Å². The van der Waals surface area contributed by atoms with Crippen molar-refractivity contribution in [1.29, 1.82) is 0 Å². The van der Waals surface area contributed by atoms with Crippen molar-refractivity contribution in [3.8, 4) is 0 Å². The number of thioether (sulfide) groups is 1. The second-order valence-electron chi connectivity index (χ2n) is 4.79. The molecule has 0 saturated heterocycles. The Morgan fingerprint density at radius 3 is 3.14 bits per heavy atom. The van der Waals surface area contributed by atoms with E-state index in [1.165, 1.54) is 22.5 Å². The molecule has 1 atom stereocenters. The van der Waals surface area contributed by atoms with Crippen LogP contribution in [0.1, 0.15) is 18.0 Å². The average Bonchev–Trinajstić information content (AvgIpc) is 2.49. The molecule has 0 fully saturated rings. The fourth-order valence-electron chi connectivity index (χ4n) is 2.34. The standard InChI is InChI=1S/C14H13BrFN3OS/c1-19-14(20)12(15)11(7-17-19)18-10-5-6-21-13-8(10)3-2-4-9(13)16/h2-4,7,10,18H,5-6H2,1H3. The van der Waals surface area contributed by atoms with E-state index in [4.69, 9.17) is 0 Å². The molecule has 1 aromatic carbocycles. The average molecular weight is 370 g/mol. The van der Waals surface area contributed by atoms with E-state index >= 15 is 0 Å². The van der Waals surface area contributed by atoms with Gasteiger partial charge in [0.25, 0.3) is 5.56 Å². The van der Waals surface area contributed by atoms with Crippen molar-refractivity contribution in [2.24, 2.45) is 7.05 Å². The van der Waals surface area contributed by atoms with Crippen molar-refractivity contribution in [1.82, 2.24) is 9.78 Å². The van der Waals surface area contributed by atoms with Crippen LogP contribution in [0.2, 0.25) is 0 Å². The number of hydrogen-bond acceptors (Lipinski definition) is 4. The predicted molar refractivity (Wildman–Crippen MR) is 85.3 cm³/mol. The van der Waals surface area contributed by atoms with Gasteiger partial charge in [-0.25, -0.2) is 9.07 Å². The zero-order chi connectivity index (χ0) is 15.0. The molecular formula is C14H13BrFN3OS. The summed E-state index contributed by atoms with van der Waals surface area (Å²) in [6.45, 7) is 0. The Morgan fingerprint density at radius 2 is 2.33 bits per heavy atom. The lowest BCUT2D eigenvalue weighted by Gasteiger charge is -2.27. The highest BCUT2D eigenvalue weighted by atomic mass is 79.9. The number of aryl methyl sites for hydroxylation is 1. The molecule has 21 heavy (non-hydrogen) atoms. The number of halogens is 2. The molecule has 1 N–H and O–H groups in total. The van der Waals surface area contributed by atoms with Gasteiger partial charge in [0, 0.05) is 17.7 Å². The molecule has 3 rings (SSSR count). The van der Waals surface area contributed by atoms with Crippen LogP contribution in [0, 0.1) is 5.82 Å². The summed E-state index contributed by atoms with van der Waals surface area (Å²) in [6, 6.07) is 5.09. The minimum atomic E-state index is -0.204. The summed E-state index contributed by atoms with van der Waals surface area (Å²) in [5.41, 5.74) is 1.36. The van der Waals surface area contributed by atoms with Crippen molar-refractivity contribution in [3.63, 3.8) is 0 Å². The SMILES string of the molecule is Cn1ncc(NC2CCSc3c(F)cccc32)c(Br)c1=O. The summed E-state index contributed by atoms with van der Waals surface area (Å²) >= 11 is 4.83. The zero-order valence-electron chi connectivity index (χ0n) is 11.3. The van der Waals surface area contributed by atoms with Gasteiger partial charge in [-0.1, -0.05) is 12.1 Å². The summed E-state index contributed by atoms with van der Waals surface area (Å²) in [5, 5.41) is 7.31. The molecule has 0 spiro atoms. The Kier molecular flexibility index (Phi) is 4.03. The fraction of sp³-hybridized carbons (Fsp3) is 0.286. The first-order valence-electron chi connectivity index (χ1n) is 6.47.